The lowest BCUT2D eigenvalue weighted by Crippen LogP contribution is -2.32. The van der Waals surface area contributed by atoms with Gasteiger partial charge in [0.05, 0.1) is 19.3 Å². The summed E-state index contributed by atoms with van der Waals surface area (Å²) in [7, 11) is 1.51. The fourth-order valence-corrected chi connectivity index (χ4v) is 3.99. The van der Waals surface area contributed by atoms with Gasteiger partial charge in [0.15, 0.2) is 5.69 Å². The van der Waals surface area contributed by atoms with Crippen molar-refractivity contribution in [3.8, 4) is 0 Å². The van der Waals surface area contributed by atoms with Crippen LogP contribution in [0.15, 0.2) is 24.3 Å². The number of benzene rings is 1. The fraction of sp³-hybridized carbons (Fsp3) is 0.450. The Morgan fingerprint density at radius 1 is 1.32 bits per heavy atom. The van der Waals surface area contributed by atoms with Crippen LogP contribution in [0.3, 0.4) is 0 Å². The smallest absolute Gasteiger partial charge is 0.271 e. The van der Waals surface area contributed by atoms with Crippen molar-refractivity contribution in [2.45, 2.75) is 25.9 Å². The Morgan fingerprint density at radius 2 is 2.04 bits per heavy atom. The third-order valence-corrected chi connectivity index (χ3v) is 5.80. The number of hydrogen-bond donors (Lipinski definition) is 2. The first kappa shape index (κ1) is 18.6. The maximum absolute atomic E-state index is 14.0. The largest absolute Gasteiger partial charge is 0.381 e. The average Bonchev–Trinajstić information content (AvgIpc) is 3.10. The predicted octanol–water partition coefficient (Wildman–Crippen LogP) is 2.17. The van der Waals surface area contributed by atoms with Gasteiger partial charge >= 0.3 is 0 Å². The lowest BCUT2D eigenvalue weighted by atomic mass is 10.0. The van der Waals surface area contributed by atoms with E-state index in [1.807, 2.05) is 6.92 Å². The van der Waals surface area contributed by atoms with Crippen LogP contribution in [0.1, 0.15) is 47.9 Å². The van der Waals surface area contributed by atoms with Crippen LogP contribution in [-0.4, -0.2) is 47.9 Å². The van der Waals surface area contributed by atoms with E-state index in [0.29, 0.717) is 36.2 Å². The van der Waals surface area contributed by atoms with Gasteiger partial charge in [0.25, 0.3) is 11.8 Å². The third-order valence-electron chi connectivity index (χ3n) is 5.80. The van der Waals surface area contributed by atoms with Crippen molar-refractivity contribution in [2.24, 2.45) is 11.8 Å². The van der Waals surface area contributed by atoms with Gasteiger partial charge in [-0.25, -0.2) is 4.39 Å². The zero-order valence-electron chi connectivity index (χ0n) is 16.0. The molecule has 0 spiro atoms. The summed E-state index contributed by atoms with van der Waals surface area (Å²) >= 11 is 0. The van der Waals surface area contributed by atoms with Gasteiger partial charge in [0.2, 0.25) is 0 Å². The van der Waals surface area contributed by atoms with E-state index in [-0.39, 0.29) is 37.9 Å². The van der Waals surface area contributed by atoms with Gasteiger partial charge in [0, 0.05) is 33.8 Å². The molecular formula is C20H27FN4O3. The van der Waals surface area contributed by atoms with Gasteiger partial charge in [-0.2, -0.15) is 5.10 Å². The second kappa shape index (κ2) is 7.01. The van der Waals surface area contributed by atoms with Gasteiger partial charge in [0.1, 0.15) is 11.5 Å². The molecule has 2 N–H and O–H groups in total. The number of carbonyl (C=O) groups is 2. The maximum Gasteiger partial charge on any atom is 0.271 e. The van der Waals surface area contributed by atoms with E-state index in [9.17, 15) is 14.0 Å². The predicted molar refractivity (Wildman–Crippen MR) is 104 cm³/mol. The molecule has 2 aromatic rings. The highest BCUT2D eigenvalue weighted by molar-refractivity contribution is 5.98. The Hall–Kier alpha value is -2.74. The van der Waals surface area contributed by atoms with Crippen molar-refractivity contribution < 1.29 is 21.6 Å². The minimum Gasteiger partial charge on any atom is -0.381 e. The number of hydrogen-bond acceptors (Lipinski definition) is 4. The van der Waals surface area contributed by atoms with Crippen molar-refractivity contribution in [1.82, 2.24) is 20.4 Å². The Bertz CT molecular complexity index is 942. The molecule has 2 aliphatic rings. The monoisotopic (exact) mass is 390 g/mol. The van der Waals surface area contributed by atoms with Gasteiger partial charge < -0.3 is 15.4 Å². The minimum atomic E-state index is -0.420. The van der Waals surface area contributed by atoms with Crippen LogP contribution in [0.5, 0.6) is 0 Å². The number of fused-ring (bicyclic) bond motifs is 1. The normalized spacial score (nSPS) is 23.8. The Morgan fingerprint density at radius 3 is 2.71 bits per heavy atom. The second-order valence-corrected chi connectivity index (χ2v) is 7.43. The quantitative estimate of drug-likeness (QED) is 0.819. The molecule has 2 amide bonds. The first-order valence-electron chi connectivity index (χ1n) is 9.37. The molecule has 0 bridgehead atoms. The first-order valence-corrected chi connectivity index (χ1v) is 9.37. The van der Waals surface area contributed by atoms with Crippen molar-refractivity contribution in [1.29, 1.82) is 0 Å². The molecular weight excluding hydrogens is 363 g/mol. The van der Waals surface area contributed by atoms with Gasteiger partial charge in [-0.15, -0.1) is 0 Å². The zero-order valence-corrected chi connectivity index (χ0v) is 16.0. The summed E-state index contributed by atoms with van der Waals surface area (Å²) in [5, 5.41) is 9.90. The van der Waals surface area contributed by atoms with Gasteiger partial charge in [-0.05, 0) is 31.0 Å². The molecule has 1 saturated carbocycles. The van der Waals surface area contributed by atoms with Crippen LogP contribution >= 0.6 is 0 Å². The molecule has 2 heterocycles. The summed E-state index contributed by atoms with van der Waals surface area (Å²) < 4.78 is 20.9. The molecule has 1 aliphatic carbocycles. The topological polar surface area (TPSA) is 85.3 Å². The zero-order chi connectivity index (χ0) is 20.0. The molecule has 1 aliphatic heterocycles. The summed E-state index contributed by atoms with van der Waals surface area (Å²) in [5.74, 6) is -0.265. The maximum atomic E-state index is 14.0. The summed E-state index contributed by atoms with van der Waals surface area (Å²) in [6.45, 7) is 4.85. The Kier molecular flexibility index (Phi) is 4.66. The van der Waals surface area contributed by atoms with Crippen molar-refractivity contribution in [3.63, 3.8) is 0 Å². The number of nitrogens with one attached hydrogen (secondary N) is 2. The molecule has 2 fully saturated rings. The number of aromatic nitrogens is 2. The molecule has 4 atom stereocenters. The molecule has 0 radical (unpaired) electrons. The second-order valence-electron chi connectivity index (χ2n) is 7.43. The van der Waals surface area contributed by atoms with E-state index in [0.717, 1.165) is 0 Å². The summed E-state index contributed by atoms with van der Waals surface area (Å²) in [6.07, 6.45) is 0. The van der Waals surface area contributed by atoms with Gasteiger partial charge in [-0.3, -0.25) is 14.3 Å². The molecule has 1 aromatic heterocycles. The molecule has 152 valence electrons. The molecule has 28 heavy (non-hydrogen) atoms. The standard InChI is InChI=1S/C20H23FN4O3.2H2/c1-10-12(5-4-6-15(10)21)11(2)25-17(7-16(24-25)19(26)22-3)20(27)23-18-13-8-28-9-14(13)18;;/h4-7,11,13-14,18H,8-9H2,1-3H3,(H,22,26)(H,23,27);2*1H/t11-,13-,14+,18?;;/m1../s1. The average molecular weight is 390 g/mol. The van der Waals surface area contributed by atoms with E-state index in [4.69, 9.17) is 4.74 Å². The third kappa shape index (κ3) is 3.07. The summed E-state index contributed by atoms with van der Waals surface area (Å²) in [5.41, 5.74) is 1.62. The molecule has 8 heteroatoms. The number of rotatable bonds is 5. The summed E-state index contributed by atoms with van der Waals surface area (Å²) in [4.78, 5) is 25.0. The first-order chi connectivity index (χ1) is 13.4. The van der Waals surface area contributed by atoms with Crippen LogP contribution in [0.4, 0.5) is 4.39 Å². The number of amides is 2. The highest BCUT2D eigenvalue weighted by atomic mass is 19.1. The van der Waals surface area contributed by atoms with Crippen LogP contribution in [0.2, 0.25) is 0 Å². The lowest BCUT2D eigenvalue weighted by molar-refractivity contribution is 0.0915. The Balaban J connectivity index is 0.00000160. The number of nitrogens with zero attached hydrogens (tertiary/aromatic N) is 2. The van der Waals surface area contributed by atoms with Crippen molar-refractivity contribution >= 4 is 11.8 Å². The van der Waals surface area contributed by atoms with E-state index in [1.54, 1.807) is 19.1 Å². The lowest BCUT2D eigenvalue weighted by Gasteiger charge is -2.18. The fourth-order valence-electron chi connectivity index (χ4n) is 3.99. The summed E-state index contributed by atoms with van der Waals surface area (Å²) in [6, 6.07) is 5.98. The van der Waals surface area contributed by atoms with E-state index in [1.165, 1.54) is 23.9 Å². The number of halogens is 1. The van der Waals surface area contributed by atoms with E-state index < -0.39 is 6.04 Å². The molecule has 4 rings (SSSR count). The van der Waals surface area contributed by atoms with Gasteiger partial charge in [-0.1, -0.05) is 12.1 Å². The molecule has 1 saturated heterocycles. The van der Waals surface area contributed by atoms with Crippen LogP contribution in [0.25, 0.3) is 0 Å². The van der Waals surface area contributed by atoms with Crippen LogP contribution < -0.4 is 10.6 Å². The highest BCUT2D eigenvalue weighted by Crippen LogP contribution is 2.44. The molecule has 1 unspecified atom stereocenters. The Labute approximate surface area is 165 Å². The number of carbonyl (C=O) groups excluding carboxylic acids is 2. The highest BCUT2D eigenvalue weighted by Gasteiger charge is 2.55. The van der Waals surface area contributed by atoms with Crippen molar-refractivity contribution in [3.05, 3.63) is 52.6 Å². The van der Waals surface area contributed by atoms with E-state index >= 15 is 0 Å². The van der Waals surface area contributed by atoms with Crippen LogP contribution in [0, 0.1) is 24.6 Å². The minimum absolute atomic E-state index is 0. The van der Waals surface area contributed by atoms with E-state index in [2.05, 4.69) is 15.7 Å². The molecule has 7 nitrogen and oxygen atoms in total. The van der Waals surface area contributed by atoms with Crippen molar-refractivity contribution in [2.75, 3.05) is 20.3 Å². The molecule has 1 aromatic carbocycles. The SMILES string of the molecule is CNC(=O)c1cc(C(=O)NC2[C@H]3COC[C@@H]23)n([C@H](C)c2cccc(F)c2C)n1.[HH].[HH]. The van der Waals surface area contributed by atoms with Crippen LogP contribution in [-0.2, 0) is 4.74 Å². The number of ether oxygens (including phenoxy) is 1.